The zero-order valence-electron chi connectivity index (χ0n) is 12.5. The Kier molecular flexibility index (Phi) is 5.55. The minimum atomic E-state index is -2.15. The van der Waals surface area contributed by atoms with E-state index in [2.05, 4.69) is 6.58 Å². The molecule has 25 heavy (non-hydrogen) atoms. The van der Waals surface area contributed by atoms with Gasteiger partial charge in [-0.2, -0.15) is 8.78 Å². The van der Waals surface area contributed by atoms with Gasteiger partial charge < -0.3 is 14.6 Å². The van der Waals surface area contributed by atoms with Crippen molar-refractivity contribution in [3.8, 4) is 17.2 Å². The van der Waals surface area contributed by atoms with Crippen LogP contribution in [0.25, 0.3) is 6.08 Å². The van der Waals surface area contributed by atoms with Crippen molar-refractivity contribution in [2.45, 2.75) is 0 Å². The van der Waals surface area contributed by atoms with E-state index in [4.69, 9.17) is 14.6 Å². The Morgan fingerprint density at radius 2 is 1.68 bits per heavy atom. The highest BCUT2D eigenvalue weighted by Crippen LogP contribution is 2.40. The Morgan fingerprint density at radius 3 is 2.12 bits per heavy atom. The quantitative estimate of drug-likeness (QED) is 0.382. The van der Waals surface area contributed by atoms with Gasteiger partial charge in [-0.3, -0.25) is 0 Å². The van der Waals surface area contributed by atoms with Crippen molar-refractivity contribution >= 4 is 34.6 Å². The average Bonchev–Trinajstić information content (AvgIpc) is 2.57. The molecule has 132 valence electrons. The fourth-order valence-corrected chi connectivity index (χ4v) is 2.68. The van der Waals surface area contributed by atoms with Crippen LogP contribution in [0.2, 0.25) is 0 Å². The number of hydrogen-bond acceptors (Lipinski definition) is 3. The average molecular weight is 468 g/mol. The van der Waals surface area contributed by atoms with E-state index in [0.29, 0.717) is 9.13 Å². The van der Waals surface area contributed by atoms with Crippen LogP contribution in [0.15, 0.2) is 18.7 Å². The molecular formula is C16H9F4IO4. The predicted octanol–water partition coefficient (Wildman–Crippen LogP) is 4.99. The highest BCUT2D eigenvalue weighted by Gasteiger charge is 2.31. The Bertz CT molecular complexity index is 854. The molecule has 2 aromatic carbocycles. The third-order valence-electron chi connectivity index (χ3n) is 3.13. The van der Waals surface area contributed by atoms with Gasteiger partial charge in [0.25, 0.3) is 0 Å². The highest BCUT2D eigenvalue weighted by molar-refractivity contribution is 14.1. The summed E-state index contributed by atoms with van der Waals surface area (Å²) in [5.74, 6) is -11.8. The number of carbonyl (C=O) groups is 1. The molecule has 2 rings (SSSR count). The second-order valence-corrected chi connectivity index (χ2v) is 5.77. The fraction of sp³-hybridized carbons (Fsp3) is 0.0625. The monoisotopic (exact) mass is 468 g/mol. The van der Waals surface area contributed by atoms with Gasteiger partial charge in [-0.1, -0.05) is 12.7 Å². The second-order valence-electron chi connectivity index (χ2n) is 4.61. The summed E-state index contributed by atoms with van der Waals surface area (Å²) in [6.07, 6.45) is 1.48. The van der Waals surface area contributed by atoms with Crippen LogP contribution in [0, 0.1) is 26.8 Å². The summed E-state index contributed by atoms with van der Waals surface area (Å²) in [6.45, 7) is 3.56. The number of benzene rings is 2. The van der Waals surface area contributed by atoms with Crippen molar-refractivity contribution in [1.82, 2.24) is 0 Å². The van der Waals surface area contributed by atoms with Crippen LogP contribution in [-0.4, -0.2) is 18.2 Å². The third kappa shape index (κ3) is 3.41. The van der Waals surface area contributed by atoms with E-state index in [9.17, 15) is 22.4 Å². The lowest BCUT2D eigenvalue weighted by Gasteiger charge is -2.15. The first kappa shape index (κ1) is 19.0. The van der Waals surface area contributed by atoms with Crippen molar-refractivity contribution in [2.24, 2.45) is 0 Å². The molecule has 0 saturated carbocycles. The van der Waals surface area contributed by atoms with Crippen LogP contribution in [0.3, 0.4) is 0 Å². The Hall–Kier alpha value is -2.30. The van der Waals surface area contributed by atoms with Crippen LogP contribution in [0.5, 0.6) is 17.2 Å². The minimum absolute atomic E-state index is 0.0312. The molecule has 0 amide bonds. The molecule has 0 aliphatic heterocycles. The van der Waals surface area contributed by atoms with Gasteiger partial charge in [-0.15, -0.1) is 0 Å². The summed E-state index contributed by atoms with van der Waals surface area (Å²) < 4.78 is 66.0. The summed E-state index contributed by atoms with van der Waals surface area (Å²) in [6, 6.07) is 2.96. The summed E-state index contributed by atoms with van der Waals surface area (Å²) in [5, 5.41) is 8.68. The van der Waals surface area contributed by atoms with Crippen molar-refractivity contribution in [2.75, 3.05) is 7.11 Å². The van der Waals surface area contributed by atoms with Gasteiger partial charge in [0, 0.05) is 0 Å². The number of methoxy groups -OCH3 is 1. The summed E-state index contributed by atoms with van der Waals surface area (Å²) in [5.41, 5.74) is -1.14. The molecule has 1 N–H and O–H groups in total. The smallest absolute Gasteiger partial charge is 0.341 e. The van der Waals surface area contributed by atoms with Crippen LogP contribution in [0.1, 0.15) is 15.9 Å². The molecule has 0 spiro atoms. The number of rotatable bonds is 5. The van der Waals surface area contributed by atoms with E-state index in [1.165, 1.54) is 25.3 Å². The summed E-state index contributed by atoms with van der Waals surface area (Å²) in [7, 11) is 1.26. The van der Waals surface area contributed by atoms with E-state index in [1.54, 1.807) is 22.6 Å². The van der Waals surface area contributed by atoms with Crippen LogP contribution in [-0.2, 0) is 0 Å². The molecule has 0 fully saturated rings. The van der Waals surface area contributed by atoms with E-state index < -0.39 is 40.6 Å². The van der Waals surface area contributed by atoms with E-state index in [0.717, 1.165) is 0 Å². The molecule has 0 heterocycles. The normalized spacial score (nSPS) is 10.5. The molecular weight excluding hydrogens is 459 g/mol. The lowest BCUT2D eigenvalue weighted by Crippen LogP contribution is -2.11. The van der Waals surface area contributed by atoms with Gasteiger partial charge in [-0.05, 0) is 40.3 Å². The number of carboxylic acids is 1. The lowest BCUT2D eigenvalue weighted by molar-refractivity contribution is 0.0683. The van der Waals surface area contributed by atoms with Crippen LogP contribution < -0.4 is 9.47 Å². The highest BCUT2D eigenvalue weighted by atomic mass is 127. The van der Waals surface area contributed by atoms with E-state index in [-0.39, 0.29) is 11.5 Å². The summed E-state index contributed by atoms with van der Waals surface area (Å²) >= 11 is 1.76. The first-order valence-corrected chi connectivity index (χ1v) is 7.57. The van der Waals surface area contributed by atoms with E-state index >= 15 is 0 Å². The maximum Gasteiger partial charge on any atom is 0.341 e. The molecule has 4 nitrogen and oxygen atoms in total. The standard InChI is InChI=1S/C16H9F4IO4/c1-3-6-4-7(21)14(8(5-6)24-2)25-15-12(19)10(17)9(16(22)23)11(18)13(15)20/h3-5H,1H2,2H3,(H,22,23). The lowest BCUT2D eigenvalue weighted by atomic mass is 10.1. The summed E-state index contributed by atoms with van der Waals surface area (Å²) in [4.78, 5) is 10.8. The van der Waals surface area contributed by atoms with Gasteiger partial charge in [-0.25, -0.2) is 13.6 Å². The van der Waals surface area contributed by atoms with Crippen molar-refractivity contribution in [3.63, 3.8) is 0 Å². The third-order valence-corrected chi connectivity index (χ3v) is 3.93. The van der Waals surface area contributed by atoms with Gasteiger partial charge in [0.2, 0.25) is 17.4 Å². The Morgan fingerprint density at radius 1 is 1.12 bits per heavy atom. The van der Waals surface area contributed by atoms with Gasteiger partial charge in [0.15, 0.2) is 23.1 Å². The van der Waals surface area contributed by atoms with Crippen molar-refractivity contribution in [3.05, 3.63) is 56.7 Å². The van der Waals surface area contributed by atoms with Gasteiger partial charge in [0.05, 0.1) is 10.7 Å². The number of ether oxygens (including phenoxy) is 2. The maximum atomic E-state index is 14.0. The van der Waals surface area contributed by atoms with E-state index in [1.807, 2.05) is 0 Å². The molecule has 0 saturated heterocycles. The van der Waals surface area contributed by atoms with Crippen molar-refractivity contribution in [1.29, 1.82) is 0 Å². The molecule has 0 atom stereocenters. The zero-order chi connectivity index (χ0) is 18.9. The Labute approximate surface area is 152 Å². The number of halogens is 5. The second kappa shape index (κ2) is 7.30. The first-order chi connectivity index (χ1) is 11.7. The van der Waals surface area contributed by atoms with Crippen molar-refractivity contribution < 1.29 is 36.9 Å². The number of carboxylic acid groups (broad SMARTS) is 1. The molecule has 0 aliphatic rings. The fourth-order valence-electron chi connectivity index (χ4n) is 1.95. The zero-order valence-corrected chi connectivity index (χ0v) is 14.7. The molecule has 2 aromatic rings. The minimum Gasteiger partial charge on any atom is -0.493 e. The molecule has 0 bridgehead atoms. The number of aromatic carboxylic acids is 1. The molecule has 0 aliphatic carbocycles. The molecule has 9 heteroatoms. The van der Waals surface area contributed by atoms with Gasteiger partial charge >= 0.3 is 5.97 Å². The number of hydrogen-bond donors (Lipinski definition) is 1. The Balaban J connectivity index is 2.67. The van der Waals surface area contributed by atoms with Crippen LogP contribution in [0.4, 0.5) is 17.6 Å². The molecule has 0 unspecified atom stereocenters. The van der Waals surface area contributed by atoms with Gasteiger partial charge in [0.1, 0.15) is 5.56 Å². The van der Waals surface area contributed by atoms with Crippen LogP contribution >= 0.6 is 22.6 Å². The largest absolute Gasteiger partial charge is 0.493 e. The SMILES string of the molecule is C=Cc1cc(I)c(Oc2c(F)c(F)c(C(=O)O)c(F)c2F)c(OC)c1. The topological polar surface area (TPSA) is 55.8 Å². The first-order valence-electron chi connectivity index (χ1n) is 6.49. The maximum absolute atomic E-state index is 14.0. The predicted molar refractivity (Wildman–Crippen MR) is 89.1 cm³/mol. The molecule has 0 radical (unpaired) electrons. The molecule has 0 aromatic heterocycles.